The van der Waals surface area contributed by atoms with Gasteiger partial charge in [-0.05, 0) is 79.8 Å². The number of anilines is 1. The molecule has 2 aliphatic rings. The van der Waals surface area contributed by atoms with E-state index in [0.717, 1.165) is 25.1 Å². The number of amides is 1. The van der Waals surface area contributed by atoms with Crippen molar-refractivity contribution in [1.29, 1.82) is 0 Å². The van der Waals surface area contributed by atoms with E-state index in [9.17, 15) is 36.2 Å². The summed E-state index contributed by atoms with van der Waals surface area (Å²) in [6.07, 6.45) is -10.2. The zero-order chi connectivity index (χ0) is 31.8. The number of aromatic nitrogens is 1. The van der Waals surface area contributed by atoms with Gasteiger partial charge in [0.05, 0.1) is 36.5 Å². The molecular weight excluding hydrogens is 592 g/mol. The van der Waals surface area contributed by atoms with Crippen molar-refractivity contribution in [2.45, 2.75) is 57.2 Å². The summed E-state index contributed by atoms with van der Waals surface area (Å²) < 4.78 is 92.3. The third-order valence-electron chi connectivity index (χ3n) is 7.97. The molecule has 44 heavy (non-hydrogen) atoms. The van der Waals surface area contributed by atoms with Crippen LogP contribution in [0, 0.1) is 0 Å². The molecule has 3 heterocycles. The Morgan fingerprint density at radius 1 is 0.977 bits per heavy atom. The number of rotatable bonds is 9. The lowest BCUT2D eigenvalue weighted by Gasteiger charge is -2.33. The van der Waals surface area contributed by atoms with Crippen molar-refractivity contribution in [3.63, 3.8) is 0 Å². The number of aliphatic hydroxyl groups is 1. The van der Waals surface area contributed by atoms with E-state index in [0.29, 0.717) is 53.4 Å². The van der Waals surface area contributed by atoms with Crippen LogP contribution in [-0.4, -0.2) is 53.9 Å². The van der Waals surface area contributed by atoms with Gasteiger partial charge in [-0.1, -0.05) is 6.07 Å². The van der Waals surface area contributed by atoms with Crippen molar-refractivity contribution in [3.05, 3.63) is 76.5 Å². The average Bonchev–Trinajstić information content (AvgIpc) is 3.22. The Morgan fingerprint density at radius 3 is 2.23 bits per heavy atom. The van der Waals surface area contributed by atoms with Crippen LogP contribution in [0.1, 0.15) is 53.8 Å². The van der Waals surface area contributed by atoms with E-state index in [1.165, 1.54) is 18.9 Å². The maximum atomic E-state index is 13.5. The molecule has 236 valence electrons. The number of hydrogen-bond donors (Lipinski definition) is 1. The van der Waals surface area contributed by atoms with Gasteiger partial charge in [0, 0.05) is 30.8 Å². The van der Waals surface area contributed by atoms with Crippen LogP contribution < -0.4 is 9.64 Å². The maximum Gasteiger partial charge on any atom is 0.416 e. The van der Waals surface area contributed by atoms with Gasteiger partial charge in [-0.15, -0.1) is 0 Å². The Morgan fingerprint density at radius 2 is 1.66 bits per heavy atom. The molecule has 2 atom stereocenters. The van der Waals surface area contributed by atoms with Gasteiger partial charge in [-0.2, -0.15) is 26.3 Å². The average molecular weight is 624 g/mol. The molecule has 3 aromatic rings. The van der Waals surface area contributed by atoms with E-state index in [-0.39, 0.29) is 19.2 Å². The quantitative estimate of drug-likeness (QED) is 0.259. The molecule has 2 aliphatic heterocycles. The predicted octanol–water partition coefficient (Wildman–Crippen LogP) is 7.01. The molecule has 0 radical (unpaired) electrons. The lowest BCUT2D eigenvalue weighted by molar-refractivity contribution is -0.143. The molecule has 5 rings (SSSR count). The molecule has 0 saturated carbocycles. The molecule has 2 fully saturated rings. The highest BCUT2D eigenvalue weighted by atomic mass is 19.4. The van der Waals surface area contributed by atoms with Crippen LogP contribution in [0.15, 0.2) is 48.5 Å². The van der Waals surface area contributed by atoms with Gasteiger partial charge in [-0.3, -0.25) is 4.90 Å². The molecule has 7 nitrogen and oxygen atoms in total. The van der Waals surface area contributed by atoms with Gasteiger partial charge < -0.3 is 19.5 Å². The number of benzene rings is 2. The number of cyclic esters (lactones) is 1. The number of carbonyl (C=O) groups is 1. The third-order valence-corrected chi connectivity index (χ3v) is 7.97. The molecule has 2 aromatic carbocycles. The fourth-order valence-corrected chi connectivity index (χ4v) is 5.45. The van der Waals surface area contributed by atoms with Gasteiger partial charge in [0.15, 0.2) is 0 Å². The Kier molecular flexibility index (Phi) is 8.70. The van der Waals surface area contributed by atoms with Crippen LogP contribution in [0.2, 0.25) is 0 Å². The molecular formula is C31H31F6N3O4. The number of hydrogen-bond acceptors (Lipinski definition) is 6. The van der Waals surface area contributed by atoms with Crippen molar-refractivity contribution < 1.29 is 45.7 Å². The van der Waals surface area contributed by atoms with E-state index in [1.54, 1.807) is 6.07 Å². The van der Waals surface area contributed by atoms with Gasteiger partial charge in [0.2, 0.25) is 0 Å². The minimum Gasteiger partial charge on any atom is -0.496 e. The first kappa shape index (κ1) is 31.4. The SMILES string of the molecule is COc1ccc(CCCO)cc1-c1ccc(N2CCC2)nc1CN1C(=O)O[C@H](c2cc(C(F)(F)F)cc(C(F)(F)F)c2)[C@@H]1C. The number of ether oxygens (including phenoxy) is 2. The minimum absolute atomic E-state index is 0.0190. The number of aryl methyl sites for hydroxylation is 1. The summed E-state index contributed by atoms with van der Waals surface area (Å²) in [6, 6.07) is 9.60. The Balaban J connectivity index is 1.53. The zero-order valence-electron chi connectivity index (χ0n) is 24.0. The molecule has 0 spiro atoms. The van der Waals surface area contributed by atoms with E-state index in [1.807, 2.05) is 24.3 Å². The second-order valence-electron chi connectivity index (χ2n) is 10.9. The van der Waals surface area contributed by atoms with Crippen LogP contribution in [0.3, 0.4) is 0 Å². The lowest BCUT2D eigenvalue weighted by atomic mass is 9.96. The largest absolute Gasteiger partial charge is 0.496 e. The first-order valence-corrected chi connectivity index (χ1v) is 14.1. The van der Waals surface area contributed by atoms with Crippen LogP contribution in [0.25, 0.3) is 11.1 Å². The molecule has 0 bridgehead atoms. The summed E-state index contributed by atoms with van der Waals surface area (Å²) in [5.41, 5.74) is -0.657. The summed E-state index contributed by atoms with van der Waals surface area (Å²) in [5.74, 6) is 1.21. The van der Waals surface area contributed by atoms with Gasteiger partial charge in [-0.25, -0.2) is 9.78 Å². The highest BCUT2D eigenvalue weighted by Crippen LogP contribution is 2.42. The highest BCUT2D eigenvalue weighted by Gasteiger charge is 2.43. The van der Waals surface area contributed by atoms with Crippen molar-refractivity contribution in [2.75, 3.05) is 31.7 Å². The number of carbonyl (C=O) groups excluding carboxylic acids is 1. The van der Waals surface area contributed by atoms with Gasteiger partial charge in [0.1, 0.15) is 17.7 Å². The monoisotopic (exact) mass is 623 g/mol. The number of alkyl halides is 6. The standard InChI is InChI=1S/C31H31F6N3O4/c1-18-28(20-14-21(30(32,33)34)16-22(15-20)31(35,36)37)44-29(42)40(18)17-25-23(7-9-27(38-25)39-10-4-11-39)24-13-19(5-3-12-41)6-8-26(24)43-2/h6-9,13-16,18,28,41H,3-5,10-12,17H2,1-2H3/t18-,28-/m0/s1. The first-order chi connectivity index (χ1) is 20.8. The van der Waals surface area contributed by atoms with Crippen LogP contribution >= 0.6 is 0 Å². The smallest absolute Gasteiger partial charge is 0.416 e. The van der Waals surface area contributed by atoms with Gasteiger partial charge in [0.25, 0.3) is 0 Å². The van der Waals surface area contributed by atoms with Gasteiger partial charge >= 0.3 is 18.4 Å². The van der Waals surface area contributed by atoms with Crippen LogP contribution in [0.4, 0.5) is 37.0 Å². The van der Waals surface area contributed by atoms with Crippen molar-refractivity contribution in [2.24, 2.45) is 0 Å². The molecule has 1 amide bonds. The second-order valence-corrected chi connectivity index (χ2v) is 10.9. The Bertz CT molecular complexity index is 1490. The zero-order valence-corrected chi connectivity index (χ0v) is 24.0. The highest BCUT2D eigenvalue weighted by molar-refractivity contribution is 5.76. The van der Waals surface area contributed by atoms with E-state index in [2.05, 4.69) is 4.90 Å². The van der Waals surface area contributed by atoms with Crippen molar-refractivity contribution in [3.8, 4) is 16.9 Å². The number of methoxy groups -OCH3 is 1. The molecule has 0 unspecified atom stereocenters. The number of pyridine rings is 1. The fourth-order valence-electron chi connectivity index (χ4n) is 5.45. The Hall–Kier alpha value is -4.00. The lowest BCUT2D eigenvalue weighted by Crippen LogP contribution is -2.38. The van der Waals surface area contributed by atoms with Crippen molar-refractivity contribution >= 4 is 11.9 Å². The van der Waals surface area contributed by atoms with Crippen molar-refractivity contribution in [1.82, 2.24) is 9.88 Å². The number of halogens is 6. The Labute approximate surface area is 250 Å². The molecule has 1 aromatic heterocycles. The summed E-state index contributed by atoms with van der Waals surface area (Å²) >= 11 is 0. The fraction of sp³-hybridized carbons (Fsp3) is 0.419. The normalized spacial score (nSPS) is 18.8. The summed E-state index contributed by atoms with van der Waals surface area (Å²) in [4.78, 5) is 21.3. The summed E-state index contributed by atoms with van der Waals surface area (Å²) in [7, 11) is 1.52. The third kappa shape index (κ3) is 6.42. The molecule has 1 N–H and O–H groups in total. The first-order valence-electron chi connectivity index (χ1n) is 14.1. The maximum absolute atomic E-state index is 13.5. The van der Waals surface area contributed by atoms with Crippen LogP contribution in [-0.2, 0) is 30.1 Å². The topological polar surface area (TPSA) is 75.1 Å². The number of aliphatic hydroxyl groups excluding tert-OH is 1. The van der Waals surface area contributed by atoms with E-state index >= 15 is 0 Å². The minimum atomic E-state index is -5.04. The predicted molar refractivity (Wildman–Crippen MR) is 149 cm³/mol. The van der Waals surface area contributed by atoms with Crippen LogP contribution in [0.5, 0.6) is 5.75 Å². The summed E-state index contributed by atoms with van der Waals surface area (Å²) in [6.45, 7) is 3.01. The molecule has 0 aliphatic carbocycles. The molecule has 13 heteroatoms. The molecule has 2 saturated heterocycles. The summed E-state index contributed by atoms with van der Waals surface area (Å²) in [5, 5.41) is 9.29. The second kappa shape index (κ2) is 12.2. The van der Waals surface area contributed by atoms with E-state index < -0.39 is 47.3 Å². The number of nitrogens with zero attached hydrogens (tertiary/aromatic N) is 3. The van der Waals surface area contributed by atoms with E-state index in [4.69, 9.17) is 14.5 Å².